The van der Waals surface area contributed by atoms with Crippen LogP contribution in [0.2, 0.25) is 0 Å². The maximum absolute atomic E-state index is 12.8. The number of nitrogens with zero attached hydrogens (tertiary/aromatic N) is 3. The minimum absolute atomic E-state index is 0.00782. The van der Waals surface area contributed by atoms with Crippen LogP contribution in [0.5, 0.6) is 5.75 Å². The smallest absolute Gasteiger partial charge is 0.416 e. The average molecular weight is 510 g/mol. The van der Waals surface area contributed by atoms with E-state index in [2.05, 4.69) is 10.4 Å². The molecule has 4 rings (SSSR count). The number of ether oxygens (including phenoxy) is 2. The van der Waals surface area contributed by atoms with Gasteiger partial charge in [0.2, 0.25) is 10.0 Å². The van der Waals surface area contributed by atoms with Crippen LogP contribution in [0.1, 0.15) is 16.1 Å². The third-order valence-corrected chi connectivity index (χ3v) is 7.03. The first-order valence-electron chi connectivity index (χ1n) is 10.5. The highest BCUT2D eigenvalue weighted by molar-refractivity contribution is 7.89. The maximum Gasteiger partial charge on any atom is 0.416 e. The lowest BCUT2D eigenvalue weighted by Crippen LogP contribution is -2.40. The molecule has 0 saturated carbocycles. The zero-order valence-electron chi connectivity index (χ0n) is 18.2. The van der Waals surface area contributed by atoms with Gasteiger partial charge >= 0.3 is 6.18 Å². The van der Waals surface area contributed by atoms with Crippen LogP contribution in [0, 0.1) is 0 Å². The van der Waals surface area contributed by atoms with Gasteiger partial charge in [0.1, 0.15) is 5.75 Å². The molecule has 1 saturated heterocycles. The number of benzene rings is 2. The lowest BCUT2D eigenvalue weighted by molar-refractivity contribution is -0.137. The summed E-state index contributed by atoms with van der Waals surface area (Å²) < 4.78 is 76.9. The molecule has 0 unspecified atom stereocenters. The third-order valence-electron chi connectivity index (χ3n) is 5.12. The predicted molar refractivity (Wildman–Crippen MR) is 118 cm³/mol. The number of amides is 1. The van der Waals surface area contributed by atoms with Crippen molar-refractivity contribution in [3.8, 4) is 5.75 Å². The van der Waals surface area contributed by atoms with Crippen LogP contribution in [0.25, 0.3) is 0 Å². The van der Waals surface area contributed by atoms with Gasteiger partial charge in [-0.2, -0.15) is 22.6 Å². The summed E-state index contributed by atoms with van der Waals surface area (Å²) in [5.74, 6) is -0.542. The van der Waals surface area contributed by atoms with Crippen molar-refractivity contribution in [2.75, 3.05) is 31.6 Å². The van der Waals surface area contributed by atoms with E-state index >= 15 is 0 Å². The first kappa shape index (κ1) is 24.7. The number of carbonyl (C=O) groups excluding carboxylic acids is 1. The second kappa shape index (κ2) is 10.1. The summed E-state index contributed by atoms with van der Waals surface area (Å²) in [5.41, 5.74) is -0.423. The number of nitrogens with one attached hydrogen (secondary N) is 1. The van der Waals surface area contributed by atoms with E-state index in [0.717, 1.165) is 12.1 Å². The second-order valence-corrected chi connectivity index (χ2v) is 9.47. The van der Waals surface area contributed by atoms with Gasteiger partial charge in [-0.25, -0.2) is 13.1 Å². The molecule has 0 aliphatic carbocycles. The molecule has 2 aromatic carbocycles. The number of halogens is 3. The molecular formula is C22H21F3N4O5S. The zero-order valence-corrected chi connectivity index (χ0v) is 19.1. The van der Waals surface area contributed by atoms with E-state index in [9.17, 15) is 26.4 Å². The van der Waals surface area contributed by atoms with Crippen molar-refractivity contribution in [2.45, 2.75) is 17.8 Å². The molecule has 0 atom stereocenters. The van der Waals surface area contributed by atoms with Crippen molar-refractivity contribution >= 4 is 21.6 Å². The number of hydrogen-bond donors (Lipinski definition) is 1. The number of morpholine rings is 1. The summed E-state index contributed by atoms with van der Waals surface area (Å²) in [4.78, 5) is 12.6. The van der Waals surface area contributed by atoms with Crippen molar-refractivity contribution in [1.29, 1.82) is 0 Å². The minimum atomic E-state index is -4.48. The van der Waals surface area contributed by atoms with Crippen LogP contribution in [0.15, 0.2) is 65.7 Å². The molecule has 9 nitrogen and oxygen atoms in total. The van der Waals surface area contributed by atoms with Gasteiger partial charge in [0.05, 0.1) is 23.7 Å². The standard InChI is InChI=1S/C22H21F3N4O5S/c23-22(24,25)16-2-1-3-18(14-16)34-15-28-9-8-20(27-28)21(30)26-17-4-6-19(7-5-17)35(31,32)29-10-12-33-13-11-29/h1-9,14H,10-13,15H2,(H,26,30). The Morgan fingerprint density at radius 2 is 1.80 bits per heavy atom. The quantitative estimate of drug-likeness (QED) is 0.524. The Balaban J connectivity index is 1.35. The zero-order chi connectivity index (χ0) is 25.1. The number of carbonyl (C=O) groups is 1. The van der Waals surface area contributed by atoms with Crippen LogP contribution in [0.3, 0.4) is 0 Å². The Bertz CT molecular complexity index is 1290. The van der Waals surface area contributed by atoms with Crippen LogP contribution in [-0.4, -0.2) is 54.7 Å². The van der Waals surface area contributed by atoms with Gasteiger partial charge < -0.3 is 14.8 Å². The lowest BCUT2D eigenvalue weighted by atomic mass is 10.2. The number of aromatic nitrogens is 2. The van der Waals surface area contributed by atoms with Crippen LogP contribution in [0.4, 0.5) is 18.9 Å². The van der Waals surface area contributed by atoms with Gasteiger partial charge in [-0.1, -0.05) is 6.07 Å². The van der Waals surface area contributed by atoms with E-state index in [-0.39, 0.29) is 36.2 Å². The van der Waals surface area contributed by atoms with Gasteiger partial charge in [-0.15, -0.1) is 0 Å². The van der Waals surface area contributed by atoms with Crippen LogP contribution >= 0.6 is 0 Å². The summed E-state index contributed by atoms with van der Waals surface area (Å²) in [7, 11) is -3.65. The first-order valence-corrected chi connectivity index (χ1v) is 11.9. The molecule has 1 aliphatic rings. The summed E-state index contributed by atoms with van der Waals surface area (Å²) in [6.45, 7) is 1.03. The van der Waals surface area contributed by atoms with E-state index in [1.807, 2.05) is 0 Å². The molecule has 1 N–H and O–H groups in total. The average Bonchev–Trinajstić information content (AvgIpc) is 3.33. The van der Waals surface area contributed by atoms with Crippen molar-refractivity contribution in [3.05, 3.63) is 72.1 Å². The highest BCUT2D eigenvalue weighted by Crippen LogP contribution is 2.31. The Hall–Kier alpha value is -3.42. The number of anilines is 1. The number of sulfonamides is 1. The highest BCUT2D eigenvalue weighted by atomic mass is 32.2. The summed E-state index contributed by atoms with van der Waals surface area (Å²) >= 11 is 0. The molecule has 35 heavy (non-hydrogen) atoms. The van der Waals surface area contributed by atoms with Crippen molar-refractivity contribution in [3.63, 3.8) is 0 Å². The lowest BCUT2D eigenvalue weighted by Gasteiger charge is -2.26. The van der Waals surface area contributed by atoms with Crippen molar-refractivity contribution < 1.29 is 35.9 Å². The topological polar surface area (TPSA) is 103 Å². The fourth-order valence-electron chi connectivity index (χ4n) is 3.30. The molecule has 3 aromatic rings. The summed E-state index contributed by atoms with van der Waals surface area (Å²) in [5, 5.41) is 6.67. The minimum Gasteiger partial charge on any atom is -0.471 e. The molecular weight excluding hydrogens is 489 g/mol. The maximum atomic E-state index is 12.8. The van der Waals surface area contributed by atoms with E-state index in [1.54, 1.807) is 0 Å². The number of rotatable bonds is 7. The normalized spacial score (nSPS) is 15.1. The first-order chi connectivity index (χ1) is 16.6. The highest BCUT2D eigenvalue weighted by Gasteiger charge is 2.30. The molecule has 13 heteroatoms. The van der Waals surface area contributed by atoms with Gasteiger partial charge in [0.15, 0.2) is 12.4 Å². The third kappa shape index (κ3) is 5.99. The Labute approximate surface area is 199 Å². The van der Waals surface area contributed by atoms with Gasteiger partial charge in [-0.3, -0.25) is 4.79 Å². The molecule has 0 radical (unpaired) electrons. The SMILES string of the molecule is O=C(Nc1ccc(S(=O)(=O)N2CCOCC2)cc1)c1ccn(COc2cccc(C(F)(F)F)c2)n1. The molecule has 0 spiro atoms. The summed E-state index contributed by atoms with van der Waals surface area (Å²) in [6, 6.07) is 11.6. The molecule has 1 fully saturated rings. The van der Waals surface area contributed by atoms with E-state index in [4.69, 9.17) is 9.47 Å². The fourth-order valence-corrected chi connectivity index (χ4v) is 4.71. The largest absolute Gasteiger partial charge is 0.471 e. The number of alkyl halides is 3. The monoisotopic (exact) mass is 510 g/mol. The fraction of sp³-hybridized carbons (Fsp3) is 0.273. The Kier molecular flexibility index (Phi) is 7.10. The number of hydrogen-bond acceptors (Lipinski definition) is 6. The van der Waals surface area contributed by atoms with E-state index < -0.39 is 27.7 Å². The molecule has 1 aliphatic heterocycles. The van der Waals surface area contributed by atoms with E-state index in [1.165, 1.54) is 57.6 Å². The Morgan fingerprint density at radius 3 is 2.49 bits per heavy atom. The molecule has 1 amide bonds. The molecule has 1 aromatic heterocycles. The van der Waals surface area contributed by atoms with Crippen LogP contribution < -0.4 is 10.1 Å². The van der Waals surface area contributed by atoms with Crippen LogP contribution in [-0.2, 0) is 27.7 Å². The molecule has 2 heterocycles. The molecule has 186 valence electrons. The van der Waals surface area contributed by atoms with Gasteiger partial charge in [0, 0.05) is 25.0 Å². The predicted octanol–water partition coefficient (Wildman–Crippen LogP) is 3.21. The molecule has 0 bridgehead atoms. The van der Waals surface area contributed by atoms with Crippen molar-refractivity contribution in [2.24, 2.45) is 0 Å². The van der Waals surface area contributed by atoms with Gasteiger partial charge in [-0.05, 0) is 48.5 Å². The van der Waals surface area contributed by atoms with Gasteiger partial charge in [0.25, 0.3) is 5.91 Å². The van der Waals surface area contributed by atoms with E-state index in [0.29, 0.717) is 18.9 Å². The summed E-state index contributed by atoms with van der Waals surface area (Å²) in [6.07, 6.45) is -3.04. The second-order valence-electron chi connectivity index (χ2n) is 7.53. The Morgan fingerprint density at radius 1 is 1.09 bits per heavy atom. The van der Waals surface area contributed by atoms with Crippen molar-refractivity contribution in [1.82, 2.24) is 14.1 Å².